The third-order valence-corrected chi connectivity index (χ3v) is 5.30. The van der Waals surface area contributed by atoms with Gasteiger partial charge in [0.2, 0.25) is 16.0 Å². The van der Waals surface area contributed by atoms with Crippen LogP contribution in [0.2, 0.25) is 0 Å². The first-order valence-electron chi connectivity index (χ1n) is 8.35. The predicted molar refractivity (Wildman–Crippen MR) is 110 cm³/mol. The Morgan fingerprint density at radius 3 is 2.39 bits per heavy atom. The second-order valence-corrected chi connectivity index (χ2v) is 7.90. The molecule has 0 bridgehead atoms. The van der Waals surface area contributed by atoms with Crippen molar-refractivity contribution in [2.24, 2.45) is 5.14 Å². The van der Waals surface area contributed by atoms with Crippen molar-refractivity contribution >= 4 is 34.0 Å². The Balaban J connectivity index is 0.00000272. The van der Waals surface area contributed by atoms with Crippen LogP contribution in [0.15, 0.2) is 59.9 Å². The van der Waals surface area contributed by atoms with Gasteiger partial charge in [0, 0.05) is 35.3 Å². The molecule has 0 saturated carbocycles. The van der Waals surface area contributed by atoms with Crippen molar-refractivity contribution in [2.75, 3.05) is 5.73 Å². The molecule has 3 aromatic heterocycles. The van der Waals surface area contributed by atoms with E-state index in [1.54, 1.807) is 18.3 Å². The molecule has 8 nitrogen and oxygen atoms in total. The summed E-state index contributed by atoms with van der Waals surface area (Å²) < 4.78 is 66.2. The van der Waals surface area contributed by atoms with E-state index in [0.29, 0.717) is 16.8 Å². The Kier molecular flexibility index (Phi) is 5.65. The van der Waals surface area contributed by atoms with E-state index in [0.717, 1.165) is 6.07 Å². The van der Waals surface area contributed by atoms with Gasteiger partial charge in [-0.05, 0) is 29.8 Å². The molecule has 31 heavy (non-hydrogen) atoms. The largest absolute Gasteiger partial charge is 0.418 e. The number of benzene rings is 1. The number of aromatic nitrogens is 4. The highest BCUT2D eigenvalue weighted by atomic mass is 35.5. The number of nitrogens with two attached hydrogens (primary N) is 2. The van der Waals surface area contributed by atoms with Crippen LogP contribution in [-0.2, 0) is 16.2 Å². The molecule has 0 atom stereocenters. The lowest BCUT2D eigenvalue weighted by molar-refractivity contribution is -0.139. The zero-order valence-corrected chi connectivity index (χ0v) is 17.0. The average molecular weight is 471 g/mol. The topological polar surface area (TPSA) is 129 Å². The standard InChI is InChI=1S/C18H13F3N6O2S.ClH/c19-18(20,21)16-13(2-1-3-14(16)30(23,28)29)12-6-11(7-24-8-12)10-4-5-15-25-17(22)26-27(15)9-10;/h1-9H,(H2,22,26)(H2,23,28,29);1H. The van der Waals surface area contributed by atoms with E-state index in [4.69, 9.17) is 10.9 Å². The fraction of sp³-hybridized carbons (Fsp3) is 0.0556. The summed E-state index contributed by atoms with van der Waals surface area (Å²) in [5, 5.41) is 9.01. The van der Waals surface area contributed by atoms with E-state index in [2.05, 4.69) is 15.1 Å². The van der Waals surface area contributed by atoms with E-state index in [1.807, 2.05) is 0 Å². The number of hydrogen-bond acceptors (Lipinski definition) is 6. The molecule has 0 amide bonds. The molecule has 13 heteroatoms. The Labute approximate surface area is 180 Å². The number of primary sulfonamides is 1. The van der Waals surface area contributed by atoms with Gasteiger partial charge in [0.1, 0.15) is 0 Å². The molecule has 162 valence electrons. The Hall–Kier alpha value is -3.22. The number of nitrogens with zero attached hydrogens (tertiary/aromatic N) is 4. The molecule has 4 aromatic rings. The summed E-state index contributed by atoms with van der Waals surface area (Å²) in [6.45, 7) is 0. The van der Waals surface area contributed by atoms with Crippen LogP contribution in [-0.4, -0.2) is 28.0 Å². The normalized spacial score (nSPS) is 12.0. The van der Waals surface area contributed by atoms with Gasteiger partial charge < -0.3 is 5.73 Å². The third kappa shape index (κ3) is 4.31. The Morgan fingerprint density at radius 1 is 1.00 bits per heavy atom. The van der Waals surface area contributed by atoms with Crippen LogP contribution in [0.3, 0.4) is 0 Å². The monoisotopic (exact) mass is 470 g/mol. The average Bonchev–Trinajstić information content (AvgIpc) is 3.05. The fourth-order valence-electron chi connectivity index (χ4n) is 3.12. The highest BCUT2D eigenvalue weighted by Gasteiger charge is 2.39. The minimum Gasteiger partial charge on any atom is -0.366 e. The van der Waals surface area contributed by atoms with Gasteiger partial charge in [0.25, 0.3) is 0 Å². The maximum atomic E-state index is 13.8. The molecule has 0 spiro atoms. The van der Waals surface area contributed by atoms with Crippen LogP contribution in [0.5, 0.6) is 0 Å². The van der Waals surface area contributed by atoms with Crippen LogP contribution in [0.1, 0.15) is 5.56 Å². The first-order chi connectivity index (χ1) is 14.0. The van der Waals surface area contributed by atoms with Crippen molar-refractivity contribution in [3.8, 4) is 22.3 Å². The summed E-state index contributed by atoms with van der Waals surface area (Å²) in [4.78, 5) is 7.02. The van der Waals surface area contributed by atoms with Gasteiger partial charge in [-0.3, -0.25) is 4.98 Å². The quantitative estimate of drug-likeness (QED) is 0.473. The summed E-state index contributed by atoms with van der Waals surface area (Å²) in [5.74, 6) is 0.0775. The molecule has 3 heterocycles. The number of fused-ring (bicyclic) bond motifs is 1. The lowest BCUT2D eigenvalue weighted by Crippen LogP contribution is -2.20. The third-order valence-electron chi connectivity index (χ3n) is 4.35. The molecule has 0 radical (unpaired) electrons. The summed E-state index contributed by atoms with van der Waals surface area (Å²) in [6, 6.07) is 7.98. The predicted octanol–water partition coefficient (Wildman–Crippen LogP) is 3.13. The molecule has 0 saturated heterocycles. The van der Waals surface area contributed by atoms with Crippen molar-refractivity contribution in [2.45, 2.75) is 11.1 Å². The number of pyridine rings is 2. The number of hydrogen-bond donors (Lipinski definition) is 2. The van der Waals surface area contributed by atoms with Gasteiger partial charge in [0.15, 0.2) is 5.65 Å². The molecular formula is C18H14ClF3N6O2S. The number of anilines is 1. The zero-order valence-electron chi connectivity index (χ0n) is 15.4. The lowest BCUT2D eigenvalue weighted by atomic mass is 9.98. The Bertz CT molecular complexity index is 1390. The van der Waals surface area contributed by atoms with Crippen molar-refractivity contribution in [3.05, 3.63) is 60.6 Å². The minimum absolute atomic E-state index is 0. The van der Waals surface area contributed by atoms with Crippen LogP contribution < -0.4 is 10.9 Å². The molecule has 4 rings (SSSR count). The molecule has 0 aliphatic heterocycles. The summed E-state index contributed by atoms with van der Waals surface area (Å²) in [5.41, 5.74) is 5.52. The molecule has 4 N–H and O–H groups in total. The molecule has 0 fully saturated rings. The van der Waals surface area contributed by atoms with Gasteiger partial charge in [-0.25, -0.2) is 18.1 Å². The second kappa shape index (κ2) is 7.80. The summed E-state index contributed by atoms with van der Waals surface area (Å²) in [7, 11) is -4.60. The second-order valence-electron chi connectivity index (χ2n) is 6.37. The maximum absolute atomic E-state index is 13.8. The molecular weight excluding hydrogens is 457 g/mol. The van der Waals surface area contributed by atoms with E-state index in [-0.39, 0.29) is 29.5 Å². The van der Waals surface area contributed by atoms with Gasteiger partial charge in [-0.2, -0.15) is 18.2 Å². The van der Waals surface area contributed by atoms with Gasteiger partial charge >= 0.3 is 6.18 Å². The minimum atomic E-state index is -4.95. The molecule has 1 aromatic carbocycles. The van der Waals surface area contributed by atoms with Gasteiger partial charge in [0.05, 0.1) is 10.5 Å². The molecule has 0 unspecified atom stereocenters. The highest BCUT2D eigenvalue weighted by molar-refractivity contribution is 7.89. The lowest BCUT2D eigenvalue weighted by Gasteiger charge is -2.16. The SMILES string of the molecule is Cl.Nc1nc2ccc(-c3cncc(-c4cccc(S(N)(=O)=O)c4C(F)(F)F)c3)cn2n1. The molecule has 0 aliphatic carbocycles. The Morgan fingerprint density at radius 2 is 1.71 bits per heavy atom. The number of alkyl halides is 3. The van der Waals surface area contributed by atoms with Crippen LogP contribution in [0, 0.1) is 0 Å². The first-order valence-corrected chi connectivity index (χ1v) is 9.89. The maximum Gasteiger partial charge on any atom is 0.418 e. The number of rotatable bonds is 3. The summed E-state index contributed by atoms with van der Waals surface area (Å²) in [6.07, 6.45) is -0.675. The molecule has 0 aliphatic rings. The van der Waals surface area contributed by atoms with E-state index < -0.39 is 26.7 Å². The zero-order chi connectivity index (χ0) is 21.7. The van der Waals surface area contributed by atoms with Crippen LogP contribution in [0.25, 0.3) is 27.9 Å². The smallest absolute Gasteiger partial charge is 0.366 e. The van der Waals surface area contributed by atoms with E-state index in [1.165, 1.54) is 35.1 Å². The van der Waals surface area contributed by atoms with Crippen molar-refractivity contribution in [1.82, 2.24) is 19.6 Å². The highest BCUT2D eigenvalue weighted by Crippen LogP contribution is 2.41. The van der Waals surface area contributed by atoms with Gasteiger partial charge in [-0.15, -0.1) is 17.5 Å². The van der Waals surface area contributed by atoms with Crippen molar-refractivity contribution in [1.29, 1.82) is 0 Å². The van der Waals surface area contributed by atoms with Crippen LogP contribution >= 0.6 is 12.4 Å². The van der Waals surface area contributed by atoms with E-state index >= 15 is 0 Å². The first kappa shape index (κ1) is 22.5. The van der Waals surface area contributed by atoms with Crippen molar-refractivity contribution in [3.63, 3.8) is 0 Å². The van der Waals surface area contributed by atoms with Gasteiger partial charge in [-0.1, -0.05) is 12.1 Å². The summed E-state index contributed by atoms with van der Waals surface area (Å²) >= 11 is 0. The van der Waals surface area contributed by atoms with Crippen molar-refractivity contribution < 1.29 is 21.6 Å². The number of nitrogen functional groups attached to an aromatic ring is 1. The van der Waals surface area contributed by atoms with Crippen LogP contribution in [0.4, 0.5) is 19.1 Å². The number of halogens is 4. The fourth-order valence-corrected chi connectivity index (χ4v) is 3.90. The number of sulfonamides is 1. The van der Waals surface area contributed by atoms with E-state index in [9.17, 15) is 21.6 Å².